The molecular weight excluding hydrogens is 207 g/mol. The van der Waals surface area contributed by atoms with E-state index in [1.54, 1.807) is 18.2 Å². The smallest absolute Gasteiger partial charge is 0.150 e. The fourth-order valence-electron chi connectivity index (χ4n) is 2.00. The third-order valence-electron chi connectivity index (χ3n) is 2.83. The van der Waals surface area contributed by atoms with Gasteiger partial charge in [0.15, 0.2) is 5.82 Å². The number of ether oxygens (including phenoxy) is 1. The van der Waals surface area contributed by atoms with Gasteiger partial charge in [-0.15, -0.1) is 0 Å². The Bertz CT molecular complexity index is 370. The van der Waals surface area contributed by atoms with Crippen molar-refractivity contribution in [3.8, 4) is 0 Å². The summed E-state index contributed by atoms with van der Waals surface area (Å²) in [5.41, 5.74) is 6.42. The lowest BCUT2D eigenvalue weighted by molar-refractivity contribution is -0.0215. The fraction of sp³-hybridized carbons (Fsp3) is 0.500. The molecule has 1 saturated heterocycles. The van der Waals surface area contributed by atoms with Crippen LogP contribution in [0.4, 0.5) is 10.1 Å². The molecule has 0 spiro atoms. The van der Waals surface area contributed by atoms with Crippen molar-refractivity contribution in [2.24, 2.45) is 0 Å². The van der Waals surface area contributed by atoms with Crippen molar-refractivity contribution >= 4 is 5.69 Å². The summed E-state index contributed by atoms with van der Waals surface area (Å²) in [5, 5.41) is 0. The average Bonchev–Trinajstić information content (AvgIpc) is 2.25. The highest BCUT2D eigenvalue weighted by Crippen LogP contribution is 2.17. The Labute approximate surface area is 95.0 Å². The Hall–Kier alpha value is -1.13. The van der Waals surface area contributed by atoms with E-state index in [-0.39, 0.29) is 17.6 Å². The zero-order valence-electron chi connectivity index (χ0n) is 9.45. The molecule has 2 rings (SSSR count). The van der Waals surface area contributed by atoms with Crippen LogP contribution in [-0.4, -0.2) is 30.7 Å². The summed E-state index contributed by atoms with van der Waals surface area (Å²) in [4.78, 5) is 2.19. The van der Waals surface area contributed by atoms with Gasteiger partial charge in [0.1, 0.15) is 0 Å². The molecule has 1 aliphatic rings. The largest absolute Gasteiger partial charge is 0.396 e. The van der Waals surface area contributed by atoms with Crippen molar-refractivity contribution in [3.63, 3.8) is 0 Å². The lowest BCUT2D eigenvalue weighted by Gasteiger charge is -2.31. The van der Waals surface area contributed by atoms with Gasteiger partial charge in [0.2, 0.25) is 0 Å². The predicted octanol–water partition coefficient (Wildman–Crippen LogP) is 1.63. The summed E-state index contributed by atoms with van der Waals surface area (Å²) in [6.45, 7) is 5.03. The van der Waals surface area contributed by atoms with E-state index in [0.29, 0.717) is 18.7 Å². The van der Waals surface area contributed by atoms with Gasteiger partial charge in [-0.05, 0) is 13.0 Å². The van der Waals surface area contributed by atoms with Crippen molar-refractivity contribution < 1.29 is 9.13 Å². The van der Waals surface area contributed by atoms with Crippen molar-refractivity contribution in [2.75, 3.05) is 25.4 Å². The molecular formula is C12H17FN2O. The molecule has 3 nitrogen and oxygen atoms in total. The zero-order valence-corrected chi connectivity index (χ0v) is 9.45. The Kier molecular flexibility index (Phi) is 3.41. The van der Waals surface area contributed by atoms with Crippen molar-refractivity contribution in [1.29, 1.82) is 0 Å². The first-order valence-corrected chi connectivity index (χ1v) is 5.53. The molecule has 0 saturated carbocycles. The van der Waals surface area contributed by atoms with Crippen LogP contribution in [0.1, 0.15) is 12.5 Å². The summed E-state index contributed by atoms with van der Waals surface area (Å²) < 4.78 is 19.1. The van der Waals surface area contributed by atoms with E-state index in [4.69, 9.17) is 10.5 Å². The molecule has 1 unspecified atom stereocenters. The first-order chi connectivity index (χ1) is 7.66. The van der Waals surface area contributed by atoms with Crippen LogP contribution in [0, 0.1) is 5.82 Å². The van der Waals surface area contributed by atoms with E-state index >= 15 is 0 Å². The molecule has 0 radical (unpaired) electrons. The summed E-state index contributed by atoms with van der Waals surface area (Å²) in [7, 11) is 0. The highest BCUT2D eigenvalue weighted by atomic mass is 19.1. The maximum absolute atomic E-state index is 13.7. The van der Waals surface area contributed by atoms with Crippen molar-refractivity contribution in [2.45, 2.75) is 19.6 Å². The monoisotopic (exact) mass is 224 g/mol. The normalized spacial score (nSPS) is 22.2. The molecule has 0 amide bonds. The Morgan fingerprint density at radius 2 is 2.38 bits per heavy atom. The minimum atomic E-state index is -0.290. The number of nitrogens with zero attached hydrogens (tertiary/aromatic N) is 1. The van der Waals surface area contributed by atoms with Gasteiger partial charge in [0.05, 0.1) is 18.4 Å². The van der Waals surface area contributed by atoms with E-state index in [9.17, 15) is 4.39 Å². The van der Waals surface area contributed by atoms with E-state index in [2.05, 4.69) is 4.90 Å². The lowest BCUT2D eigenvalue weighted by Crippen LogP contribution is -2.40. The van der Waals surface area contributed by atoms with Crippen LogP contribution in [0.15, 0.2) is 18.2 Å². The van der Waals surface area contributed by atoms with Gasteiger partial charge < -0.3 is 10.5 Å². The Balaban J connectivity index is 2.05. The second-order valence-electron chi connectivity index (χ2n) is 4.24. The molecule has 1 aromatic carbocycles. The number of nitrogens with two attached hydrogens (primary N) is 1. The standard InChI is InChI=1S/C12H17FN2O/c1-9-7-15(5-6-16-9)8-10-3-2-4-11(14)12(10)13/h2-4,9H,5-8,14H2,1H3. The van der Waals surface area contributed by atoms with E-state index in [0.717, 1.165) is 13.1 Å². The van der Waals surface area contributed by atoms with E-state index in [1.807, 2.05) is 6.92 Å². The molecule has 88 valence electrons. The number of anilines is 1. The molecule has 0 bridgehead atoms. The molecule has 0 aromatic heterocycles. The summed E-state index contributed by atoms with van der Waals surface area (Å²) in [6, 6.07) is 5.16. The predicted molar refractivity (Wildman–Crippen MR) is 61.5 cm³/mol. The summed E-state index contributed by atoms with van der Waals surface area (Å²) in [6.07, 6.45) is 0.220. The summed E-state index contributed by atoms with van der Waals surface area (Å²) >= 11 is 0. The first-order valence-electron chi connectivity index (χ1n) is 5.53. The van der Waals surface area contributed by atoms with Crippen LogP contribution in [0.3, 0.4) is 0 Å². The minimum absolute atomic E-state index is 0.220. The molecule has 2 N–H and O–H groups in total. The highest BCUT2D eigenvalue weighted by Gasteiger charge is 2.18. The van der Waals surface area contributed by atoms with Crippen molar-refractivity contribution in [1.82, 2.24) is 4.90 Å². The lowest BCUT2D eigenvalue weighted by atomic mass is 10.1. The maximum Gasteiger partial charge on any atom is 0.150 e. The summed E-state index contributed by atoms with van der Waals surface area (Å²) in [5.74, 6) is -0.290. The van der Waals surface area contributed by atoms with Crippen LogP contribution in [-0.2, 0) is 11.3 Å². The van der Waals surface area contributed by atoms with E-state index < -0.39 is 0 Å². The second-order valence-corrected chi connectivity index (χ2v) is 4.24. The van der Waals surface area contributed by atoms with Gasteiger partial charge in [-0.25, -0.2) is 4.39 Å². The second kappa shape index (κ2) is 4.80. The molecule has 16 heavy (non-hydrogen) atoms. The van der Waals surface area contributed by atoms with Gasteiger partial charge in [-0.3, -0.25) is 4.90 Å². The molecule has 1 aliphatic heterocycles. The topological polar surface area (TPSA) is 38.5 Å². The average molecular weight is 224 g/mol. The van der Waals surface area contributed by atoms with Gasteiger partial charge >= 0.3 is 0 Å². The van der Waals surface area contributed by atoms with Gasteiger partial charge in [-0.1, -0.05) is 12.1 Å². The number of hydrogen-bond donors (Lipinski definition) is 1. The number of hydrogen-bond acceptors (Lipinski definition) is 3. The zero-order chi connectivity index (χ0) is 11.5. The molecule has 1 heterocycles. The van der Waals surface area contributed by atoms with Crippen LogP contribution >= 0.6 is 0 Å². The van der Waals surface area contributed by atoms with Gasteiger partial charge in [0, 0.05) is 25.2 Å². The van der Waals surface area contributed by atoms with Crippen LogP contribution in [0.5, 0.6) is 0 Å². The minimum Gasteiger partial charge on any atom is -0.396 e. The van der Waals surface area contributed by atoms with Gasteiger partial charge in [-0.2, -0.15) is 0 Å². The Morgan fingerprint density at radius 1 is 1.56 bits per heavy atom. The third kappa shape index (κ3) is 2.51. The number of benzene rings is 1. The van der Waals surface area contributed by atoms with Crippen LogP contribution < -0.4 is 5.73 Å². The van der Waals surface area contributed by atoms with Crippen LogP contribution in [0.2, 0.25) is 0 Å². The third-order valence-corrected chi connectivity index (χ3v) is 2.83. The first kappa shape index (κ1) is 11.4. The molecule has 1 atom stereocenters. The quantitative estimate of drug-likeness (QED) is 0.776. The number of morpholine rings is 1. The molecule has 4 heteroatoms. The van der Waals surface area contributed by atoms with Gasteiger partial charge in [0.25, 0.3) is 0 Å². The fourth-order valence-corrected chi connectivity index (χ4v) is 2.00. The van der Waals surface area contributed by atoms with Crippen molar-refractivity contribution in [3.05, 3.63) is 29.6 Å². The molecule has 1 aromatic rings. The van der Waals surface area contributed by atoms with E-state index in [1.165, 1.54) is 0 Å². The Morgan fingerprint density at radius 3 is 3.12 bits per heavy atom. The van der Waals surface area contributed by atoms with Crippen LogP contribution in [0.25, 0.3) is 0 Å². The number of rotatable bonds is 2. The SMILES string of the molecule is CC1CN(Cc2cccc(N)c2F)CCO1. The number of halogens is 1. The number of nitrogen functional groups attached to an aromatic ring is 1. The maximum atomic E-state index is 13.7. The highest BCUT2D eigenvalue weighted by molar-refractivity contribution is 5.42. The molecule has 0 aliphatic carbocycles. The molecule has 1 fully saturated rings.